The minimum atomic E-state index is 0.694. The van der Waals surface area contributed by atoms with E-state index in [0.29, 0.717) is 11.1 Å². The van der Waals surface area contributed by atoms with E-state index in [1.165, 1.54) is 12.8 Å². The highest BCUT2D eigenvalue weighted by Crippen LogP contribution is 2.30. The van der Waals surface area contributed by atoms with Gasteiger partial charge < -0.3 is 5.32 Å². The summed E-state index contributed by atoms with van der Waals surface area (Å²) >= 11 is 11.1. The number of hydrogen-bond donors (Lipinski definition) is 1. The lowest BCUT2D eigenvalue weighted by atomic mass is 10.2. The number of nitrogens with one attached hydrogen (secondary N) is 1. The van der Waals surface area contributed by atoms with Gasteiger partial charge in [0, 0.05) is 22.6 Å². The summed E-state index contributed by atoms with van der Waals surface area (Å²) in [7, 11) is 0. The van der Waals surface area contributed by atoms with E-state index >= 15 is 0 Å². The van der Waals surface area contributed by atoms with Crippen molar-refractivity contribution in [2.45, 2.75) is 25.4 Å². The van der Waals surface area contributed by atoms with E-state index in [1.54, 1.807) is 11.3 Å². The maximum Gasteiger partial charge on any atom is 0.147 e. The molecule has 0 unspecified atom stereocenters. The molecule has 1 aromatic carbocycles. The first-order chi connectivity index (χ1) is 8.72. The zero-order valence-electron chi connectivity index (χ0n) is 9.49. The van der Waals surface area contributed by atoms with Crippen LogP contribution in [-0.4, -0.2) is 16.2 Å². The summed E-state index contributed by atoms with van der Waals surface area (Å²) in [4.78, 5) is 0. The first kappa shape index (κ1) is 12.5. The Labute approximate surface area is 123 Å². The Bertz CT molecular complexity index is 568. The third kappa shape index (κ3) is 2.91. The minimum absolute atomic E-state index is 0.694. The molecule has 0 aliphatic heterocycles. The maximum atomic E-state index is 6.08. The van der Waals surface area contributed by atoms with Crippen molar-refractivity contribution in [1.29, 1.82) is 0 Å². The molecule has 0 amide bonds. The molecule has 1 heterocycles. The Morgan fingerprint density at radius 1 is 1.39 bits per heavy atom. The molecular weight excluding hydrogens is 334 g/mol. The van der Waals surface area contributed by atoms with Crippen LogP contribution in [0.3, 0.4) is 0 Å². The summed E-state index contributed by atoms with van der Waals surface area (Å²) in [6, 6.07) is 6.53. The molecule has 0 spiro atoms. The molecule has 1 fully saturated rings. The van der Waals surface area contributed by atoms with Crippen molar-refractivity contribution in [3.8, 4) is 10.6 Å². The molecule has 94 valence electrons. The molecule has 0 radical (unpaired) electrons. The van der Waals surface area contributed by atoms with Crippen molar-refractivity contribution in [1.82, 2.24) is 15.5 Å². The van der Waals surface area contributed by atoms with Gasteiger partial charge in [0.2, 0.25) is 0 Å². The summed E-state index contributed by atoms with van der Waals surface area (Å²) in [6.45, 7) is 0.812. The number of aromatic nitrogens is 2. The van der Waals surface area contributed by atoms with Crippen LogP contribution in [0.25, 0.3) is 10.6 Å². The molecule has 0 saturated heterocycles. The minimum Gasteiger partial charge on any atom is -0.308 e. The zero-order chi connectivity index (χ0) is 12.5. The van der Waals surface area contributed by atoms with Crippen LogP contribution >= 0.6 is 38.9 Å². The van der Waals surface area contributed by atoms with Crippen LogP contribution in [0, 0.1) is 0 Å². The van der Waals surface area contributed by atoms with Gasteiger partial charge in [-0.25, -0.2) is 0 Å². The summed E-state index contributed by atoms with van der Waals surface area (Å²) in [5, 5.41) is 14.5. The van der Waals surface area contributed by atoms with Crippen LogP contribution in [0.1, 0.15) is 17.8 Å². The van der Waals surface area contributed by atoms with E-state index in [0.717, 1.165) is 26.6 Å². The summed E-state index contributed by atoms with van der Waals surface area (Å²) < 4.78 is 0.896. The van der Waals surface area contributed by atoms with Crippen molar-refractivity contribution >= 4 is 38.9 Å². The topological polar surface area (TPSA) is 37.8 Å². The SMILES string of the molecule is Clc1cc(-c2nnc(CNC3CC3)s2)ccc1Br. The number of halogens is 2. The van der Waals surface area contributed by atoms with E-state index in [4.69, 9.17) is 11.6 Å². The fourth-order valence-electron chi connectivity index (χ4n) is 1.59. The summed E-state index contributed by atoms with van der Waals surface area (Å²) in [5.41, 5.74) is 1.01. The lowest BCUT2D eigenvalue weighted by Crippen LogP contribution is -2.14. The highest BCUT2D eigenvalue weighted by Gasteiger charge is 2.20. The van der Waals surface area contributed by atoms with Gasteiger partial charge in [0.15, 0.2) is 0 Å². The molecule has 1 aliphatic rings. The zero-order valence-corrected chi connectivity index (χ0v) is 12.6. The molecule has 1 aliphatic carbocycles. The quantitative estimate of drug-likeness (QED) is 0.915. The molecule has 1 N–H and O–H groups in total. The van der Waals surface area contributed by atoms with E-state index in [-0.39, 0.29) is 0 Å². The second-order valence-corrected chi connectivity index (χ2v) is 6.61. The van der Waals surface area contributed by atoms with Gasteiger partial charge >= 0.3 is 0 Å². The Balaban J connectivity index is 1.76. The number of benzene rings is 1. The van der Waals surface area contributed by atoms with Crippen LogP contribution in [0.15, 0.2) is 22.7 Å². The Hall–Kier alpha value is -0.490. The third-order valence-corrected chi connectivity index (χ3v) is 4.96. The average molecular weight is 345 g/mol. The molecule has 2 aromatic rings. The Morgan fingerprint density at radius 3 is 2.94 bits per heavy atom. The smallest absolute Gasteiger partial charge is 0.147 e. The molecule has 0 atom stereocenters. The van der Waals surface area contributed by atoms with Gasteiger partial charge in [-0.3, -0.25) is 0 Å². The fourth-order valence-corrected chi connectivity index (χ4v) is 2.80. The summed E-state index contributed by atoms with van der Waals surface area (Å²) in [6.07, 6.45) is 2.57. The molecule has 3 nitrogen and oxygen atoms in total. The van der Waals surface area contributed by atoms with Gasteiger partial charge in [0.25, 0.3) is 0 Å². The van der Waals surface area contributed by atoms with Crippen LogP contribution in [-0.2, 0) is 6.54 Å². The van der Waals surface area contributed by atoms with E-state index in [9.17, 15) is 0 Å². The van der Waals surface area contributed by atoms with Crippen LogP contribution in [0.2, 0.25) is 5.02 Å². The van der Waals surface area contributed by atoms with Gasteiger partial charge in [-0.1, -0.05) is 29.0 Å². The predicted octanol–water partition coefficient (Wildman–Crippen LogP) is 3.87. The first-order valence-electron chi connectivity index (χ1n) is 5.73. The second-order valence-electron chi connectivity index (χ2n) is 4.29. The largest absolute Gasteiger partial charge is 0.308 e. The summed E-state index contributed by atoms with van der Waals surface area (Å²) in [5.74, 6) is 0. The normalized spacial score (nSPS) is 15.0. The highest BCUT2D eigenvalue weighted by molar-refractivity contribution is 9.10. The van der Waals surface area contributed by atoms with Crippen molar-refractivity contribution in [2.75, 3.05) is 0 Å². The third-order valence-electron chi connectivity index (χ3n) is 2.75. The van der Waals surface area contributed by atoms with Crippen molar-refractivity contribution < 1.29 is 0 Å². The molecule has 18 heavy (non-hydrogen) atoms. The van der Waals surface area contributed by atoms with Crippen LogP contribution in [0.4, 0.5) is 0 Å². The maximum absolute atomic E-state index is 6.08. The van der Waals surface area contributed by atoms with Crippen LogP contribution in [0.5, 0.6) is 0 Å². The lowest BCUT2D eigenvalue weighted by Gasteiger charge is -1.98. The van der Waals surface area contributed by atoms with Gasteiger partial charge in [0.05, 0.1) is 5.02 Å². The van der Waals surface area contributed by atoms with Crippen molar-refractivity contribution in [3.63, 3.8) is 0 Å². The fraction of sp³-hybridized carbons (Fsp3) is 0.333. The predicted molar refractivity (Wildman–Crippen MR) is 77.9 cm³/mol. The Morgan fingerprint density at radius 2 is 2.22 bits per heavy atom. The van der Waals surface area contributed by atoms with Gasteiger partial charge in [-0.05, 0) is 40.9 Å². The second kappa shape index (κ2) is 5.25. The lowest BCUT2D eigenvalue weighted by molar-refractivity contribution is 0.679. The molecule has 6 heteroatoms. The van der Waals surface area contributed by atoms with E-state index < -0.39 is 0 Å². The molecular formula is C12H11BrClN3S. The standard InChI is InChI=1S/C12H11BrClN3S/c13-9-4-1-7(5-10(9)14)12-17-16-11(18-12)6-15-8-2-3-8/h1,4-5,8,15H,2-3,6H2. The molecule has 0 bridgehead atoms. The molecule has 3 rings (SSSR count). The monoisotopic (exact) mass is 343 g/mol. The first-order valence-corrected chi connectivity index (χ1v) is 7.72. The van der Waals surface area contributed by atoms with E-state index in [1.807, 2.05) is 18.2 Å². The van der Waals surface area contributed by atoms with Gasteiger partial charge in [-0.2, -0.15) is 0 Å². The Kier molecular flexibility index (Phi) is 3.66. The highest BCUT2D eigenvalue weighted by atomic mass is 79.9. The molecule has 1 saturated carbocycles. The average Bonchev–Trinajstić information content (AvgIpc) is 3.08. The van der Waals surface area contributed by atoms with Crippen molar-refractivity contribution in [2.24, 2.45) is 0 Å². The number of rotatable bonds is 4. The van der Waals surface area contributed by atoms with Gasteiger partial charge in [0.1, 0.15) is 10.0 Å². The van der Waals surface area contributed by atoms with Gasteiger partial charge in [-0.15, -0.1) is 10.2 Å². The van der Waals surface area contributed by atoms with Crippen molar-refractivity contribution in [3.05, 3.63) is 32.7 Å². The van der Waals surface area contributed by atoms with E-state index in [2.05, 4.69) is 31.4 Å². The number of nitrogens with zero attached hydrogens (tertiary/aromatic N) is 2. The van der Waals surface area contributed by atoms with Crippen LogP contribution < -0.4 is 5.32 Å². The number of hydrogen-bond acceptors (Lipinski definition) is 4. The molecule has 1 aromatic heterocycles.